The second-order valence-electron chi connectivity index (χ2n) is 16.0. The van der Waals surface area contributed by atoms with Gasteiger partial charge in [-0.25, -0.2) is 0 Å². The van der Waals surface area contributed by atoms with Gasteiger partial charge in [0.1, 0.15) is 29.9 Å². The van der Waals surface area contributed by atoms with Crippen LogP contribution < -0.4 is 27.0 Å². The number of carbonyl (C=O) groups is 11. The lowest BCUT2D eigenvalue weighted by atomic mass is 10.0. The molecule has 0 spiro atoms. The smallest absolute Gasteiger partial charge is 0.317 e. The second-order valence-corrected chi connectivity index (χ2v) is 16.0. The number of nitrogens with one attached hydrogen (secondary N) is 4. The number of aliphatic carboxylic acids is 4. The number of phenolic OH excluding ortho intramolecular Hbond substituents is 1. The van der Waals surface area contributed by atoms with Crippen LogP contribution in [0.5, 0.6) is 5.75 Å². The van der Waals surface area contributed by atoms with Gasteiger partial charge >= 0.3 is 23.9 Å². The van der Waals surface area contributed by atoms with Crippen molar-refractivity contribution >= 4 is 65.2 Å². The van der Waals surface area contributed by atoms with Crippen LogP contribution in [-0.2, 0) is 59.2 Å². The van der Waals surface area contributed by atoms with Crippen LogP contribution in [0.15, 0.2) is 24.3 Å². The van der Waals surface area contributed by atoms with Crippen molar-refractivity contribution in [2.45, 2.75) is 62.9 Å². The maximum absolute atomic E-state index is 13.8. The molecule has 0 aliphatic carbocycles. The maximum Gasteiger partial charge on any atom is 0.317 e. The van der Waals surface area contributed by atoms with Crippen LogP contribution in [0.25, 0.3) is 0 Å². The molecule has 67 heavy (non-hydrogen) atoms. The molecule has 2 saturated heterocycles. The van der Waals surface area contributed by atoms with Gasteiger partial charge in [-0.3, -0.25) is 67.4 Å². The zero-order valence-electron chi connectivity index (χ0n) is 36.7. The Morgan fingerprint density at radius 2 is 1.24 bits per heavy atom. The van der Waals surface area contributed by atoms with Crippen molar-refractivity contribution in [1.82, 2.24) is 45.8 Å². The van der Waals surface area contributed by atoms with Crippen molar-refractivity contribution in [3.63, 3.8) is 0 Å². The molecule has 2 heterocycles. The fourth-order valence-corrected chi connectivity index (χ4v) is 7.42. The normalized spacial score (nSPS) is 17.7. The summed E-state index contributed by atoms with van der Waals surface area (Å²) < 4.78 is 0. The SMILES string of the molecule is CC(NC(=O)CNC(=O)CN(CCN(CC(=O)O)CC(=O)O)CCN(CC(=O)O)CC(=O)O)C(=O)NCC(=O)N1C[C@@H](O)CC1C(=O)N1CCCC1C(=O)NC(Cc1ccc(O)cc1)C(N)=O. The van der Waals surface area contributed by atoms with Gasteiger partial charge in [0.15, 0.2) is 0 Å². The summed E-state index contributed by atoms with van der Waals surface area (Å²) in [6.45, 7) is -3.92. The summed E-state index contributed by atoms with van der Waals surface area (Å²) in [6.07, 6.45) is -0.596. The zero-order chi connectivity index (χ0) is 50.0. The first-order valence-corrected chi connectivity index (χ1v) is 21.1. The summed E-state index contributed by atoms with van der Waals surface area (Å²) in [6, 6.07) is 1.31. The first-order chi connectivity index (χ1) is 31.5. The molecule has 4 unspecified atom stereocenters. The van der Waals surface area contributed by atoms with Gasteiger partial charge in [0.05, 0.1) is 51.9 Å². The average molecular weight is 951 g/mol. The highest BCUT2D eigenvalue weighted by Gasteiger charge is 2.45. The van der Waals surface area contributed by atoms with Crippen molar-refractivity contribution in [1.29, 1.82) is 0 Å². The number of primary amides is 1. The Hall–Kier alpha value is -6.97. The van der Waals surface area contributed by atoms with Gasteiger partial charge in [-0.2, -0.15) is 0 Å². The number of benzene rings is 1. The van der Waals surface area contributed by atoms with Crippen LogP contribution in [0.2, 0.25) is 0 Å². The molecular formula is C40H58N10O17. The lowest BCUT2D eigenvalue weighted by Gasteiger charge is -2.31. The van der Waals surface area contributed by atoms with E-state index in [4.69, 9.17) is 26.2 Å². The van der Waals surface area contributed by atoms with Crippen LogP contribution in [0.3, 0.4) is 0 Å². The Labute approximate surface area is 383 Å². The number of aliphatic hydroxyl groups excluding tert-OH is 1. The summed E-state index contributed by atoms with van der Waals surface area (Å²) >= 11 is 0. The standard InChI is InChI=1S/C40H58N10O17/c1-23(44-30(53)15-42-31(54)18-46(9-11-47(19-33(56)57)20-34(58)59)10-12-48(21-35(60)61)22-36(62)63)38(65)43-16-32(55)50-17-26(52)14-29(50)40(67)49-8-2-3-28(49)39(66)45-27(37(41)64)13-24-4-6-25(51)7-5-24/h4-7,23,26-29,51-52H,2-3,8-22H2,1H3,(H2,41,64)(H,42,54)(H,43,65)(H,44,53)(H,45,66)(H,56,57)(H,58,59)(H,60,61)(H,62,63)/t23?,26-,27?,28?,29?/m0/s1. The fraction of sp³-hybridized carbons (Fsp3) is 0.575. The van der Waals surface area contributed by atoms with E-state index >= 15 is 0 Å². The van der Waals surface area contributed by atoms with Gasteiger partial charge < -0.3 is 67.4 Å². The van der Waals surface area contributed by atoms with Crippen LogP contribution in [0.1, 0.15) is 31.7 Å². The number of phenols is 1. The molecule has 3 rings (SSSR count). The van der Waals surface area contributed by atoms with E-state index in [0.717, 1.165) is 14.7 Å². The fourth-order valence-electron chi connectivity index (χ4n) is 7.42. The van der Waals surface area contributed by atoms with Crippen LogP contribution in [-0.4, -0.2) is 236 Å². The third-order valence-corrected chi connectivity index (χ3v) is 10.7. The molecule has 12 N–H and O–H groups in total. The Morgan fingerprint density at radius 1 is 0.701 bits per heavy atom. The molecule has 2 aliphatic rings. The molecule has 27 nitrogen and oxygen atoms in total. The highest BCUT2D eigenvalue weighted by Crippen LogP contribution is 2.26. The summed E-state index contributed by atoms with van der Waals surface area (Å²) in [4.78, 5) is 142. The Balaban J connectivity index is 1.54. The summed E-state index contributed by atoms with van der Waals surface area (Å²) in [7, 11) is 0. The average Bonchev–Trinajstić information content (AvgIpc) is 3.89. The van der Waals surface area contributed by atoms with Gasteiger partial charge in [0, 0.05) is 52.1 Å². The highest BCUT2D eigenvalue weighted by molar-refractivity contribution is 5.96. The van der Waals surface area contributed by atoms with E-state index in [1.54, 1.807) is 12.1 Å². The third-order valence-electron chi connectivity index (χ3n) is 10.7. The topological polar surface area (TPSA) is 399 Å². The van der Waals surface area contributed by atoms with E-state index in [1.165, 1.54) is 28.9 Å². The Bertz CT molecular complexity index is 1920. The molecule has 7 amide bonds. The number of aliphatic hydroxyl groups is 1. The van der Waals surface area contributed by atoms with E-state index in [2.05, 4.69) is 21.3 Å². The number of aromatic hydroxyl groups is 1. The van der Waals surface area contributed by atoms with E-state index < -0.39 is 141 Å². The number of nitrogens with two attached hydrogens (primary N) is 1. The van der Waals surface area contributed by atoms with E-state index in [-0.39, 0.29) is 64.3 Å². The molecule has 0 saturated carbocycles. The van der Waals surface area contributed by atoms with Gasteiger partial charge in [-0.05, 0) is 37.5 Å². The minimum absolute atomic E-state index is 0.00150. The summed E-state index contributed by atoms with van der Waals surface area (Å²) in [5.74, 6) is -10.6. The molecule has 0 bridgehead atoms. The molecule has 2 fully saturated rings. The third kappa shape index (κ3) is 18.8. The zero-order valence-corrected chi connectivity index (χ0v) is 36.7. The van der Waals surface area contributed by atoms with E-state index in [0.29, 0.717) is 12.0 Å². The van der Waals surface area contributed by atoms with Gasteiger partial charge in [-0.15, -0.1) is 0 Å². The number of carboxylic acids is 4. The lowest BCUT2D eigenvalue weighted by molar-refractivity contribution is -0.146. The predicted molar refractivity (Wildman–Crippen MR) is 227 cm³/mol. The van der Waals surface area contributed by atoms with Crippen LogP contribution >= 0.6 is 0 Å². The number of β-amino-alcohol motifs (C(OH)–C–C–N with tert-alkyl or cyclic N) is 1. The summed E-state index contributed by atoms with van der Waals surface area (Å²) in [5, 5.41) is 66.3. The first kappa shape index (κ1) is 54.4. The molecule has 0 aromatic heterocycles. The van der Waals surface area contributed by atoms with Crippen molar-refractivity contribution in [2.75, 3.05) is 85.1 Å². The number of rotatable bonds is 28. The Kier molecular flexibility index (Phi) is 21.3. The molecule has 0 radical (unpaired) electrons. The molecule has 370 valence electrons. The van der Waals surface area contributed by atoms with Crippen molar-refractivity contribution in [3.8, 4) is 5.75 Å². The minimum Gasteiger partial charge on any atom is -0.508 e. The second kappa shape index (κ2) is 26.2. The number of hydrogen-bond donors (Lipinski definition) is 11. The van der Waals surface area contributed by atoms with Crippen molar-refractivity contribution in [2.24, 2.45) is 5.73 Å². The monoisotopic (exact) mass is 950 g/mol. The van der Waals surface area contributed by atoms with Gasteiger partial charge in [0.25, 0.3) is 0 Å². The predicted octanol–water partition coefficient (Wildman–Crippen LogP) is -6.16. The summed E-state index contributed by atoms with van der Waals surface area (Å²) in [5.41, 5.74) is 6.15. The van der Waals surface area contributed by atoms with E-state index in [9.17, 15) is 63.0 Å². The number of carboxylic acid groups (broad SMARTS) is 4. The minimum atomic E-state index is -1.33. The van der Waals surface area contributed by atoms with Crippen LogP contribution in [0, 0.1) is 0 Å². The maximum atomic E-state index is 13.8. The Morgan fingerprint density at radius 3 is 1.76 bits per heavy atom. The molecule has 27 heteroatoms. The number of amides is 7. The van der Waals surface area contributed by atoms with E-state index in [1.807, 2.05) is 0 Å². The molecule has 5 atom stereocenters. The van der Waals surface area contributed by atoms with Crippen LogP contribution in [0.4, 0.5) is 0 Å². The van der Waals surface area contributed by atoms with Crippen molar-refractivity contribution < 1.29 is 83.4 Å². The van der Waals surface area contributed by atoms with Gasteiger partial charge in [-0.1, -0.05) is 12.1 Å². The molecule has 2 aliphatic heterocycles. The number of hydrogen-bond acceptors (Lipinski definition) is 16. The van der Waals surface area contributed by atoms with Gasteiger partial charge in [0.2, 0.25) is 41.4 Å². The number of nitrogens with zero attached hydrogens (tertiary/aromatic N) is 5. The number of likely N-dealkylation sites (tertiary alicyclic amines) is 2. The highest BCUT2D eigenvalue weighted by atomic mass is 16.4. The molecule has 1 aromatic carbocycles. The molecular weight excluding hydrogens is 892 g/mol. The quantitative estimate of drug-likeness (QED) is 0.0372. The largest absolute Gasteiger partial charge is 0.508 e. The first-order valence-electron chi connectivity index (χ1n) is 21.1. The lowest BCUT2D eigenvalue weighted by Crippen LogP contribution is -2.56. The number of carbonyl (C=O) groups excluding carboxylic acids is 7. The molecule has 1 aromatic rings. The van der Waals surface area contributed by atoms with Crippen molar-refractivity contribution in [3.05, 3.63) is 29.8 Å².